The normalized spacial score (nSPS) is 14.4. The van der Waals surface area contributed by atoms with Gasteiger partial charge in [-0.05, 0) is 36.1 Å². The molecule has 0 spiro atoms. The predicted molar refractivity (Wildman–Crippen MR) is 108 cm³/mol. The first-order valence-electron chi connectivity index (χ1n) is 9.70. The zero-order valence-corrected chi connectivity index (χ0v) is 16.1. The molecule has 156 valence electrons. The van der Waals surface area contributed by atoms with E-state index < -0.39 is 23.0 Å². The third-order valence-electron chi connectivity index (χ3n) is 5.37. The predicted octanol–water partition coefficient (Wildman–Crippen LogP) is 3.23. The Bertz CT molecular complexity index is 1150. The molecule has 0 radical (unpaired) electrons. The zero-order chi connectivity index (χ0) is 21.3. The van der Waals surface area contributed by atoms with Crippen LogP contribution in [0.4, 0.5) is 18.9 Å². The molecule has 1 saturated heterocycles. The summed E-state index contributed by atoms with van der Waals surface area (Å²) in [5.41, 5.74) is 0.380. The molecule has 0 aliphatic carbocycles. The Labute approximate surface area is 170 Å². The largest absolute Gasteiger partial charge is 0.366 e. The van der Waals surface area contributed by atoms with E-state index in [2.05, 4.69) is 4.98 Å². The van der Waals surface area contributed by atoms with Crippen molar-refractivity contribution in [1.29, 1.82) is 0 Å². The van der Waals surface area contributed by atoms with Gasteiger partial charge in [0.25, 0.3) is 5.56 Å². The number of piperazine rings is 1. The molecule has 1 amide bonds. The van der Waals surface area contributed by atoms with Crippen LogP contribution in [0, 0.1) is 17.5 Å². The molecule has 1 N–H and O–H groups in total. The summed E-state index contributed by atoms with van der Waals surface area (Å²) in [6.45, 7) is 1.74. The lowest BCUT2D eigenvalue weighted by Crippen LogP contribution is -2.49. The van der Waals surface area contributed by atoms with Crippen LogP contribution in [-0.4, -0.2) is 42.0 Å². The van der Waals surface area contributed by atoms with Crippen LogP contribution in [-0.2, 0) is 11.2 Å². The number of fused-ring (bicyclic) bond motifs is 1. The van der Waals surface area contributed by atoms with E-state index in [1.54, 1.807) is 21.9 Å². The minimum absolute atomic E-state index is 0.0109. The number of hydrogen-bond acceptors (Lipinski definition) is 3. The third kappa shape index (κ3) is 4.03. The smallest absolute Gasteiger partial charge is 0.258 e. The van der Waals surface area contributed by atoms with Crippen molar-refractivity contribution in [3.05, 3.63) is 76.0 Å². The highest BCUT2D eigenvalue weighted by Gasteiger charge is 2.23. The van der Waals surface area contributed by atoms with Crippen molar-refractivity contribution in [3.63, 3.8) is 0 Å². The molecular formula is C22H20F3N3O2. The van der Waals surface area contributed by atoms with Gasteiger partial charge in [0.2, 0.25) is 5.91 Å². The van der Waals surface area contributed by atoms with Gasteiger partial charge in [0.05, 0.1) is 11.1 Å². The van der Waals surface area contributed by atoms with Crippen molar-refractivity contribution in [2.45, 2.75) is 12.8 Å². The summed E-state index contributed by atoms with van der Waals surface area (Å²) in [4.78, 5) is 30.8. The summed E-state index contributed by atoms with van der Waals surface area (Å²) in [6, 6.07) is 9.58. The Morgan fingerprint density at radius 2 is 1.73 bits per heavy atom. The molecular weight excluding hydrogens is 395 g/mol. The number of aryl methyl sites for hydroxylation is 1. The van der Waals surface area contributed by atoms with Crippen LogP contribution < -0.4 is 10.5 Å². The highest BCUT2D eigenvalue weighted by molar-refractivity contribution is 5.82. The number of nitrogens with one attached hydrogen (secondary N) is 1. The van der Waals surface area contributed by atoms with E-state index in [9.17, 15) is 22.8 Å². The van der Waals surface area contributed by atoms with Gasteiger partial charge in [-0.2, -0.15) is 0 Å². The fourth-order valence-corrected chi connectivity index (χ4v) is 3.80. The fraction of sp³-hybridized carbons (Fsp3) is 0.273. The van der Waals surface area contributed by atoms with Crippen molar-refractivity contribution in [2.24, 2.45) is 0 Å². The molecule has 1 aliphatic heterocycles. The summed E-state index contributed by atoms with van der Waals surface area (Å²) in [6.07, 6.45) is 0.523. The molecule has 1 aliphatic rings. The van der Waals surface area contributed by atoms with Gasteiger partial charge >= 0.3 is 0 Å². The molecule has 1 aromatic heterocycles. The molecule has 3 aromatic rings. The number of halogens is 3. The lowest BCUT2D eigenvalue weighted by atomic mass is 10.1. The van der Waals surface area contributed by atoms with E-state index in [0.29, 0.717) is 49.4 Å². The zero-order valence-electron chi connectivity index (χ0n) is 16.1. The van der Waals surface area contributed by atoms with Crippen LogP contribution >= 0.6 is 0 Å². The maximum atomic E-state index is 14.0. The van der Waals surface area contributed by atoms with Crippen molar-refractivity contribution in [3.8, 4) is 0 Å². The Morgan fingerprint density at radius 1 is 0.967 bits per heavy atom. The standard InChI is InChI=1S/C22H20F3N3O2/c23-15-4-6-19(18(25)13-15)27-8-10-28(11-9-27)20(29)7-5-16-12-14-2-1-3-17(24)21(14)22(30)26-16/h1-4,6,12-13H,5,7-11H2,(H,26,30). The number of H-pyrrole nitrogens is 1. The number of carbonyl (C=O) groups excluding carboxylic acids is 1. The Balaban J connectivity index is 1.36. The van der Waals surface area contributed by atoms with Crippen LogP contribution in [0.2, 0.25) is 0 Å². The number of anilines is 1. The number of aromatic nitrogens is 1. The van der Waals surface area contributed by atoms with Gasteiger partial charge in [-0.3, -0.25) is 9.59 Å². The van der Waals surface area contributed by atoms with E-state index in [-0.39, 0.29) is 17.7 Å². The minimum atomic E-state index is -0.625. The summed E-state index contributed by atoms with van der Waals surface area (Å²) in [5, 5.41) is 0.507. The Morgan fingerprint density at radius 3 is 2.47 bits per heavy atom. The lowest BCUT2D eigenvalue weighted by Gasteiger charge is -2.36. The molecule has 0 saturated carbocycles. The molecule has 2 aromatic carbocycles. The number of benzene rings is 2. The molecule has 5 nitrogen and oxygen atoms in total. The second-order valence-electron chi connectivity index (χ2n) is 7.29. The van der Waals surface area contributed by atoms with Crippen LogP contribution in [0.15, 0.2) is 47.3 Å². The van der Waals surface area contributed by atoms with E-state index in [1.165, 1.54) is 24.3 Å². The summed E-state index contributed by atoms with van der Waals surface area (Å²) in [5.74, 6) is -1.90. The highest BCUT2D eigenvalue weighted by atomic mass is 19.1. The average Bonchev–Trinajstić information content (AvgIpc) is 2.72. The summed E-state index contributed by atoms with van der Waals surface area (Å²) < 4.78 is 40.8. The molecule has 8 heteroatoms. The number of nitrogens with zero attached hydrogens (tertiary/aromatic N) is 2. The maximum absolute atomic E-state index is 14.0. The number of aromatic amines is 1. The molecule has 1 fully saturated rings. The first-order chi connectivity index (χ1) is 14.4. The van der Waals surface area contributed by atoms with Gasteiger partial charge in [-0.15, -0.1) is 0 Å². The van der Waals surface area contributed by atoms with Gasteiger partial charge in [-0.25, -0.2) is 13.2 Å². The average molecular weight is 415 g/mol. The van der Waals surface area contributed by atoms with E-state index in [4.69, 9.17) is 0 Å². The number of pyridine rings is 1. The van der Waals surface area contributed by atoms with E-state index >= 15 is 0 Å². The van der Waals surface area contributed by atoms with Gasteiger partial charge in [0.15, 0.2) is 0 Å². The van der Waals surface area contributed by atoms with Crippen LogP contribution in [0.5, 0.6) is 0 Å². The highest BCUT2D eigenvalue weighted by Crippen LogP contribution is 2.22. The second-order valence-corrected chi connectivity index (χ2v) is 7.29. The van der Waals surface area contributed by atoms with Crippen molar-refractivity contribution in [1.82, 2.24) is 9.88 Å². The van der Waals surface area contributed by atoms with Crippen molar-refractivity contribution in [2.75, 3.05) is 31.1 Å². The van der Waals surface area contributed by atoms with Gasteiger partial charge in [0.1, 0.15) is 17.5 Å². The lowest BCUT2D eigenvalue weighted by molar-refractivity contribution is -0.131. The number of amides is 1. The van der Waals surface area contributed by atoms with E-state index in [0.717, 1.165) is 6.07 Å². The van der Waals surface area contributed by atoms with Gasteiger partial charge in [0, 0.05) is 44.4 Å². The minimum Gasteiger partial charge on any atom is -0.366 e. The first kappa shape index (κ1) is 20.0. The van der Waals surface area contributed by atoms with Crippen LogP contribution in [0.1, 0.15) is 12.1 Å². The quantitative estimate of drug-likeness (QED) is 0.712. The second kappa shape index (κ2) is 8.22. The molecule has 30 heavy (non-hydrogen) atoms. The SMILES string of the molecule is O=C(CCc1cc2cccc(F)c2c(=O)[nH]1)N1CCN(c2ccc(F)cc2F)CC1. The monoisotopic (exact) mass is 415 g/mol. The van der Waals surface area contributed by atoms with Gasteiger partial charge < -0.3 is 14.8 Å². The summed E-state index contributed by atoms with van der Waals surface area (Å²) >= 11 is 0. The number of carbonyl (C=O) groups is 1. The summed E-state index contributed by atoms with van der Waals surface area (Å²) in [7, 11) is 0. The van der Waals surface area contributed by atoms with Crippen LogP contribution in [0.25, 0.3) is 10.8 Å². The van der Waals surface area contributed by atoms with Gasteiger partial charge in [-0.1, -0.05) is 12.1 Å². The fourth-order valence-electron chi connectivity index (χ4n) is 3.80. The molecule has 0 unspecified atom stereocenters. The first-order valence-corrected chi connectivity index (χ1v) is 9.70. The van der Waals surface area contributed by atoms with E-state index in [1.807, 2.05) is 0 Å². The Kier molecular flexibility index (Phi) is 5.48. The molecule has 0 bridgehead atoms. The number of hydrogen-bond donors (Lipinski definition) is 1. The number of rotatable bonds is 4. The maximum Gasteiger partial charge on any atom is 0.258 e. The van der Waals surface area contributed by atoms with Crippen molar-refractivity contribution >= 4 is 22.4 Å². The third-order valence-corrected chi connectivity index (χ3v) is 5.37. The van der Waals surface area contributed by atoms with Crippen molar-refractivity contribution < 1.29 is 18.0 Å². The van der Waals surface area contributed by atoms with Crippen LogP contribution in [0.3, 0.4) is 0 Å². The Hall–Kier alpha value is -3.29. The topological polar surface area (TPSA) is 56.4 Å². The molecule has 0 atom stereocenters. The molecule has 4 rings (SSSR count). The molecule has 2 heterocycles.